The number of benzene rings is 1. The quantitative estimate of drug-likeness (QED) is 0.412. The van der Waals surface area contributed by atoms with Gasteiger partial charge >= 0.3 is 0 Å². The number of aryl methyl sites for hydroxylation is 1. The first-order chi connectivity index (χ1) is 13.0. The van der Waals surface area contributed by atoms with Crippen molar-refractivity contribution in [2.45, 2.75) is 19.9 Å². The van der Waals surface area contributed by atoms with Crippen LogP contribution < -0.4 is 22.1 Å². The van der Waals surface area contributed by atoms with E-state index in [1.165, 1.54) is 0 Å². The van der Waals surface area contributed by atoms with E-state index in [0.29, 0.717) is 25.3 Å². The van der Waals surface area contributed by atoms with Gasteiger partial charge in [0.15, 0.2) is 5.84 Å². The molecule has 8 heteroatoms. The number of nitrogen functional groups attached to an aromatic ring is 1. The molecule has 2 amide bonds. The highest BCUT2D eigenvalue weighted by Gasteiger charge is 2.08. The van der Waals surface area contributed by atoms with Gasteiger partial charge in [0.25, 0.3) is 5.91 Å². The second-order valence-electron chi connectivity index (χ2n) is 5.95. The Hall–Kier alpha value is -3.42. The number of amides is 2. The molecule has 2 aromatic rings. The van der Waals surface area contributed by atoms with E-state index in [0.717, 1.165) is 16.8 Å². The predicted molar refractivity (Wildman–Crippen MR) is 105 cm³/mol. The lowest BCUT2D eigenvalue weighted by Gasteiger charge is -2.09. The number of nitrogens with one attached hydrogen (secondary N) is 2. The topological polar surface area (TPSA) is 135 Å². The zero-order valence-electron chi connectivity index (χ0n) is 15.2. The molecule has 2 rings (SSSR count). The van der Waals surface area contributed by atoms with Crippen LogP contribution in [0.1, 0.15) is 16.8 Å². The molecule has 0 atom stereocenters. The molecular weight excluding hydrogens is 344 g/mol. The lowest BCUT2D eigenvalue weighted by atomic mass is 10.1. The molecule has 0 spiro atoms. The SMILES string of the molecule is Cc1nc(N)ccc1CNC(=O)CN=C(NCCc1ccccc1)C(N)=O. The minimum absolute atomic E-state index is 0.00795. The maximum Gasteiger partial charge on any atom is 0.283 e. The Morgan fingerprint density at radius 2 is 1.85 bits per heavy atom. The highest BCUT2D eigenvalue weighted by Crippen LogP contribution is 2.07. The zero-order chi connectivity index (χ0) is 19.6. The normalized spacial score (nSPS) is 11.1. The van der Waals surface area contributed by atoms with E-state index >= 15 is 0 Å². The Bertz CT molecular complexity index is 820. The molecular formula is C19H24N6O2. The zero-order valence-corrected chi connectivity index (χ0v) is 15.2. The first-order valence-electron chi connectivity index (χ1n) is 8.56. The number of aromatic nitrogens is 1. The Balaban J connectivity index is 1.82. The van der Waals surface area contributed by atoms with Crippen LogP contribution in [0.3, 0.4) is 0 Å². The lowest BCUT2D eigenvalue weighted by molar-refractivity contribution is -0.119. The summed E-state index contributed by atoms with van der Waals surface area (Å²) < 4.78 is 0. The first kappa shape index (κ1) is 19.9. The molecule has 0 unspecified atom stereocenters. The van der Waals surface area contributed by atoms with Gasteiger partial charge in [0.1, 0.15) is 12.4 Å². The largest absolute Gasteiger partial charge is 0.384 e. The van der Waals surface area contributed by atoms with Crippen molar-refractivity contribution >= 4 is 23.5 Å². The smallest absolute Gasteiger partial charge is 0.283 e. The predicted octanol–water partition coefficient (Wildman–Crippen LogP) is 0.305. The minimum atomic E-state index is -0.700. The van der Waals surface area contributed by atoms with Gasteiger partial charge in [-0.15, -0.1) is 0 Å². The summed E-state index contributed by atoms with van der Waals surface area (Å²) >= 11 is 0. The molecule has 1 aromatic heterocycles. The van der Waals surface area contributed by atoms with Gasteiger partial charge in [-0.25, -0.2) is 4.98 Å². The molecule has 0 aliphatic rings. The number of nitrogens with zero attached hydrogens (tertiary/aromatic N) is 2. The number of amidine groups is 1. The number of pyridine rings is 1. The van der Waals surface area contributed by atoms with Crippen LogP contribution in [-0.4, -0.2) is 35.7 Å². The van der Waals surface area contributed by atoms with Crippen molar-refractivity contribution in [1.29, 1.82) is 0 Å². The molecule has 0 saturated heterocycles. The third-order valence-corrected chi connectivity index (χ3v) is 3.86. The number of carbonyl (C=O) groups excluding carboxylic acids is 2. The highest BCUT2D eigenvalue weighted by atomic mass is 16.2. The van der Waals surface area contributed by atoms with Gasteiger partial charge < -0.3 is 22.1 Å². The van der Waals surface area contributed by atoms with Crippen LogP contribution in [0.4, 0.5) is 5.82 Å². The van der Waals surface area contributed by atoms with Crippen molar-refractivity contribution in [2.24, 2.45) is 10.7 Å². The van der Waals surface area contributed by atoms with Crippen molar-refractivity contribution < 1.29 is 9.59 Å². The molecule has 8 nitrogen and oxygen atoms in total. The Kier molecular flexibility index (Phi) is 7.30. The summed E-state index contributed by atoms with van der Waals surface area (Å²) in [6.45, 7) is 2.42. The highest BCUT2D eigenvalue weighted by molar-refractivity contribution is 6.37. The number of aliphatic imine (C=N–C) groups is 1. The molecule has 0 saturated carbocycles. The number of rotatable bonds is 7. The Morgan fingerprint density at radius 1 is 1.11 bits per heavy atom. The maximum absolute atomic E-state index is 12.0. The summed E-state index contributed by atoms with van der Waals surface area (Å²) in [7, 11) is 0. The molecule has 6 N–H and O–H groups in total. The number of hydrogen-bond donors (Lipinski definition) is 4. The number of carbonyl (C=O) groups is 2. The third-order valence-electron chi connectivity index (χ3n) is 3.86. The molecule has 0 fully saturated rings. The second kappa shape index (κ2) is 9.91. The van der Waals surface area contributed by atoms with Crippen molar-refractivity contribution in [2.75, 3.05) is 18.8 Å². The summed E-state index contributed by atoms with van der Waals surface area (Å²) in [5.74, 6) is -0.601. The van der Waals surface area contributed by atoms with E-state index in [2.05, 4.69) is 20.6 Å². The molecule has 0 aliphatic heterocycles. The van der Waals surface area contributed by atoms with Crippen molar-refractivity contribution in [3.63, 3.8) is 0 Å². The van der Waals surface area contributed by atoms with E-state index in [4.69, 9.17) is 11.5 Å². The number of anilines is 1. The molecule has 142 valence electrons. The molecule has 27 heavy (non-hydrogen) atoms. The van der Waals surface area contributed by atoms with E-state index in [-0.39, 0.29) is 18.3 Å². The van der Waals surface area contributed by atoms with Crippen LogP contribution in [0.15, 0.2) is 47.5 Å². The van der Waals surface area contributed by atoms with Gasteiger partial charge in [0.2, 0.25) is 5.91 Å². The van der Waals surface area contributed by atoms with Crippen LogP contribution in [0, 0.1) is 6.92 Å². The van der Waals surface area contributed by atoms with E-state index in [9.17, 15) is 9.59 Å². The fourth-order valence-electron chi connectivity index (χ4n) is 2.39. The number of primary amides is 1. The molecule has 1 aromatic carbocycles. The van der Waals surface area contributed by atoms with Gasteiger partial charge in [-0.05, 0) is 30.5 Å². The van der Waals surface area contributed by atoms with Crippen LogP contribution in [0.2, 0.25) is 0 Å². The van der Waals surface area contributed by atoms with Crippen LogP contribution in [0.5, 0.6) is 0 Å². The van der Waals surface area contributed by atoms with Crippen molar-refractivity contribution in [1.82, 2.24) is 15.6 Å². The minimum Gasteiger partial charge on any atom is -0.384 e. The summed E-state index contributed by atoms with van der Waals surface area (Å²) in [6.07, 6.45) is 0.711. The van der Waals surface area contributed by atoms with Crippen LogP contribution in [-0.2, 0) is 22.6 Å². The number of hydrogen-bond acceptors (Lipinski definition) is 5. The average Bonchev–Trinajstić information content (AvgIpc) is 2.64. The lowest BCUT2D eigenvalue weighted by Crippen LogP contribution is -2.38. The maximum atomic E-state index is 12.0. The number of nitrogens with two attached hydrogens (primary N) is 2. The van der Waals surface area contributed by atoms with Gasteiger partial charge in [-0.1, -0.05) is 36.4 Å². The summed E-state index contributed by atoms with van der Waals surface area (Å²) in [5.41, 5.74) is 13.7. The Labute approximate surface area is 158 Å². The summed E-state index contributed by atoms with van der Waals surface area (Å²) in [4.78, 5) is 31.6. The van der Waals surface area contributed by atoms with E-state index in [1.54, 1.807) is 12.1 Å². The molecule has 0 aliphatic carbocycles. The first-order valence-corrected chi connectivity index (χ1v) is 8.56. The van der Waals surface area contributed by atoms with Crippen LogP contribution in [0.25, 0.3) is 0 Å². The van der Waals surface area contributed by atoms with E-state index in [1.807, 2.05) is 37.3 Å². The second-order valence-corrected chi connectivity index (χ2v) is 5.95. The van der Waals surface area contributed by atoms with Crippen molar-refractivity contribution in [3.8, 4) is 0 Å². The van der Waals surface area contributed by atoms with Crippen molar-refractivity contribution in [3.05, 3.63) is 59.3 Å². The molecule has 0 bridgehead atoms. The van der Waals surface area contributed by atoms with Gasteiger partial charge in [0, 0.05) is 18.8 Å². The summed E-state index contributed by atoms with van der Waals surface area (Å²) in [6, 6.07) is 13.3. The molecule has 1 heterocycles. The fourth-order valence-corrected chi connectivity index (χ4v) is 2.39. The monoisotopic (exact) mass is 368 g/mol. The Morgan fingerprint density at radius 3 is 2.52 bits per heavy atom. The fraction of sp³-hybridized carbons (Fsp3) is 0.263. The van der Waals surface area contributed by atoms with Gasteiger partial charge in [-0.3, -0.25) is 14.6 Å². The summed E-state index contributed by atoms with van der Waals surface area (Å²) in [5, 5.41) is 5.61. The average molecular weight is 368 g/mol. The third kappa shape index (κ3) is 6.77. The standard InChI is InChI=1S/C19H24N6O2/c1-13-15(7-8-16(20)25-13)11-23-17(26)12-24-19(18(21)27)22-10-9-14-5-3-2-4-6-14/h2-8H,9-12H2,1H3,(H2,20,25)(H2,21,27)(H,22,24)(H,23,26). The van der Waals surface area contributed by atoms with Gasteiger partial charge in [0.05, 0.1) is 0 Å². The van der Waals surface area contributed by atoms with Crippen LogP contribution >= 0.6 is 0 Å². The van der Waals surface area contributed by atoms with E-state index < -0.39 is 5.91 Å². The van der Waals surface area contributed by atoms with Gasteiger partial charge in [-0.2, -0.15) is 0 Å². The molecule has 0 radical (unpaired) electrons.